The lowest BCUT2D eigenvalue weighted by Crippen LogP contribution is -2.36. The lowest BCUT2D eigenvalue weighted by molar-refractivity contribution is -0.173. The SMILES string of the molecule is NNC(=O)c1cc2n(n1)[C@@H](C(F)(F)F)C[C@H](c1ccc(Cl)cc1)N2. The molecule has 0 radical (unpaired) electrons. The van der Waals surface area contributed by atoms with E-state index < -0.39 is 24.2 Å². The standard InChI is InChI=1S/C14H13ClF3N5O/c15-8-3-1-7(2-4-8)9-5-11(14(16,17)18)23-12(20-9)6-10(22-23)13(24)21-19/h1-4,6,9,11,20H,5,19H2,(H,21,24)/t9-,11-/m1/s1. The molecule has 1 amide bonds. The van der Waals surface area contributed by atoms with Crippen LogP contribution in [0.15, 0.2) is 30.3 Å². The first-order valence-electron chi connectivity index (χ1n) is 6.99. The highest BCUT2D eigenvalue weighted by Gasteiger charge is 2.46. The van der Waals surface area contributed by atoms with Gasteiger partial charge >= 0.3 is 6.18 Å². The topological polar surface area (TPSA) is 85.0 Å². The number of carbonyl (C=O) groups excluding carboxylic acids is 1. The summed E-state index contributed by atoms with van der Waals surface area (Å²) in [6, 6.07) is 5.34. The molecule has 0 spiro atoms. The van der Waals surface area contributed by atoms with Gasteiger partial charge in [0.1, 0.15) is 5.82 Å². The second-order valence-corrected chi connectivity index (χ2v) is 5.81. The van der Waals surface area contributed by atoms with Gasteiger partial charge in [0.15, 0.2) is 11.7 Å². The molecule has 0 fully saturated rings. The Morgan fingerprint density at radius 3 is 2.62 bits per heavy atom. The number of nitrogens with two attached hydrogens (primary N) is 1. The van der Waals surface area contributed by atoms with Gasteiger partial charge in [-0.2, -0.15) is 18.3 Å². The molecule has 1 aliphatic rings. The zero-order valence-corrected chi connectivity index (χ0v) is 12.9. The number of benzene rings is 1. The fourth-order valence-corrected chi connectivity index (χ4v) is 2.80. The predicted molar refractivity (Wildman–Crippen MR) is 81.4 cm³/mol. The Labute approximate surface area is 139 Å². The number of nitrogens with zero attached hydrogens (tertiary/aromatic N) is 2. The summed E-state index contributed by atoms with van der Waals surface area (Å²) in [4.78, 5) is 11.5. The van der Waals surface area contributed by atoms with Crippen LogP contribution in [0.25, 0.3) is 0 Å². The molecule has 128 valence electrons. The molecule has 0 bridgehead atoms. The van der Waals surface area contributed by atoms with E-state index in [9.17, 15) is 18.0 Å². The largest absolute Gasteiger partial charge is 0.410 e. The van der Waals surface area contributed by atoms with Crippen molar-refractivity contribution in [3.63, 3.8) is 0 Å². The third kappa shape index (κ3) is 3.04. The number of hydrazine groups is 1. The fourth-order valence-electron chi connectivity index (χ4n) is 2.67. The van der Waals surface area contributed by atoms with Crippen molar-refractivity contribution >= 4 is 23.3 Å². The van der Waals surface area contributed by atoms with Gasteiger partial charge in [0, 0.05) is 17.5 Å². The van der Waals surface area contributed by atoms with E-state index >= 15 is 0 Å². The average molecular weight is 360 g/mol. The zero-order chi connectivity index (χ0) is 17.5. The molecule has 6 nitrogen and oxygen atoms in total. The summed E-state index contributed by atoms with van der Waals surface area (Å²) in [5.41, 5.74) is 2.32. The number of hydrogen-bond donors (Lipinski definition) is 3. The number of carbonyl (C=O) groups is 1. The van der Waals surface area contributed by atoms with Crippen molar-refractivity contribution in [2.24, 2.45) is 5.84 Å². The van der Waals surface area contributed by atoms with Crippen LogP contribution >= 0.6 is 11.6 Å². The van der Waals surface area contributed by atoms with Gasteiger partial charge in [0.05, 0.1) is 6.04 Å². The fraction of sp³-hybridized carbons (Fsp3) is 0.286. The molecule has 3 rings (SSSR count). The van der Waals surface area contributed by atoms with Crippen LogP contribution in [-0.4, -0.2) is 21.9 Å². The Morgan fingerprint density at radius 1 is 1.38 bits per heavy atom. The molecule has 2 aromatic rings. The minimum Gasteiger partial charge on any atom is -0.363 e. The van der Waals surface area contributed by atoms with Crippen LogP contribution in [0.2, 0.25) is 5.02 Å². The van der Waals surface area contributed by atoms with Gasteiger partial charge in [-0.3, -0.25) is 10.2 Å². The van der Waals surface area contributed by atoms with Gasteiger partial charge in [0.2, 0.25) is 0 Å². The predicted octanol–water partition coefficient (Wildman–Crippen LogP) is 2.80. The number of alkyl halides is 3. The minimum atomic E-state index is -4.51. The highest BCUT2D eigenvalue weighted by molar-refractivity contribution is 6.30. The van der Waals surface area contributed by atoms with E-state index in [2.05, 4.69) is 10.4 Å². The number of rotatable bonds is 2. The summed E-state index contributed by atoms with van der Waals surface area (Å²) in [5.74, 6) is 4.35. The normalized spacial score (nSPS) is 20.2. The van der Waals surface area contributed by atoms with E-state index in [1.165, 1.54) is 6.07 Å². The van der Waals surface area contributed by atoms with Gasteiger partial charge in [0.25, 0.3) is 5.91 Å². The monoisotopic (exact) mass is 359 g/mol. The highest BCUT2D eigenvalue weighted by Crippen LogP contribution is 2.43. The van der Waals surface area contributed by atoms with Gasteiger partial charge in [-0.15, -0.1) is 0 Å². The van der Waals surface area contributed by atoms with Crippen LogP contribution in [0, 0.1) is 0 Å². The second kappa shape index (κ2) is 5.99. The summed E-state index contributed by atoms with van der Waals surface area (Å²) in [6.07, 6.45) is -4.77. The van der Waals surface area contributed by atoms with Crippen molar-refractivity contribution in [2.75, 3.05) is 5.32 Å². The number of nitrogens with one attached hydrogen (secondary N) is 2. The molecule has 2 atom stereocenters. The van der Waals surface area contributed by atoms with Gasteiger partial charge in [-0.25, -0.2) is 10.5 Å². The summed E-state index contributed by atoms with van der Waals surface area (Å²) < 4.78 is 41.1. The van der Waals surface area contributed by atoms with Crippen LogP contribution in [0.1, 0.15) is 34.6 Å². The van der Waals surface area contributed by atoms with E-state index in [-0.39, 0.29) is 17.9 Å². The molecule has 0 unspecified atom stereocenters. The summed E-state index contributed by atoms with van der Waals surface area (Å²) in [5, 5.41) is 7.20. The molecule has 10 heteroatoms. The summed E-state index contributed by atoms with van der Waals surface area (Å²) >= 11 is 5.82. The molecule has 4 N–H and O–H groups in total. The number of amides is 1. The Balaban J connectivity index is 2.00. The van der Waals surface area contributed by atoms with E-state index in [0.717, 1.165) is 4.68 Å². The third-order valence-corrected chi connectivity index (χ3v) is 4.08. The molecule has 0 saturated heterocycles. The van der Waals surface area contributed by atoms with E-state index in [0.29, 0.717) is 10.6 Å². The maximum atomic E-state index is 13.4. The average Bonchev–Trinajstić information content (AvgIpc) is 2.96. The smallest absolute Gasteiger partial charge is 0.363 e. The third-order valence-electron chi connectivity index (χ3n) is 3.83. The molecule has 1 aliphatic heterocycles. The van der Waals surface area contributed by atoms with Gasteiger partial charge in [-0.1, -0.05) is 23.7 Å². The van der Waals surface area contributed by atoms with Crippen LogP contribution < -0.4 is 16.6 Å². The molecule has 0 aliphatic carbocycles. The molecular weight excluding hydrogens is 347 g/mol. The summed E-state index contributed by atoms with van der Waals surface area (Å²) in [6.45, 7) is 0. The lowest BCUT2D eigenvalue weighted by Gasteiger charge is -2.33. The van der Waals surface area contributed by atoms with Crippen LogP contribution in [0.5, 0.6) is 0 Å². The maximum absolute atomic E-state index is 13.4. The molecule has 0 saturated carbocycles. The molecular formula is C14H13ClF3N5O. The van der Waals surface area contributed by atoms with Crippen molar-refractivity contribution in [1.82, 2.24) is 15.2 Å². The lowest BCUT2D eigenvalue weighted by atomic mass is 9.97. The number of hydrogen-bond acceptors (Lipinski definition) is 4. The minimum absolute atomic E-state index is 0.0992. The second-order valence-electron chi connectivity index (χ2n) is 5.37. The number of aromatic nitrogens is 2. The van der Waals surface area contributed by atoms with E-state index in [1.54, 1.807) is 24.3 Å². The Morgan fingerprint density at radius 2 is 2.04 bits per heavy atom. The van der Waals surface area contributed by atoms with Crippen LogP contribution in [0.3, 0.4) is 0 Å². The molecule has 1 aromatic heterocycles. The summed E-state index contributed by atoms with van der Waals surface area (Å²) in [7, 11) is 0. The number of halogens is 4. The van der Waals surface area contributed by atoms with Gasteiger partial charge < -0.3 is 5.32 Å². The van der Waals surface area contributed by atoms with E-state index in [4.69, 9.17) is 17.4 Å². The molecule has 2 heterocycles. The number of anilines is 1. The van der Waals surface area contributed by atoms with Crippen LogP contribution in [-0.2, 0) is 0 Å². The number of fused-ring (bicyclic) bond motifs is 1. The first kappa shape index (κ1) is 16.6. The van der Waals surface area contributed by atoms with Crippen LogP contribution in [0.4, 0.5) is 19.0 Å². The van der Waals surface area contributed by atoms with Crippen molar-refractivity contribution in [1.29, 1.82) is 0 Å². The Bertz CT molecular complexity index is 759. The van der Waals surface area contributed by atoms with Crippen molar-refractivity contribution in [2.45, 2.75) is 24.7 Å². The Hall–Kier alpha value is -2.26. The van der Waals surface area contributed by atoms with Crippen molar-refractivity contribution in [3.05, 3.63) is 46.6 Å². The number of nitrogen functional groups attached to an aromatic ring is 1. The molecule has 24 heavy (non-hydrogen) atoms. The molecule has 1 aromatic carbocycles. The van der Waals surface area contributed by atoms with Gasteiger partial charge in [-0.05, 0) is 17.7 Å². The maximum Gasteiger partial charge on any atom is 0.410 e. The highest BCUT2D eigenvalue weighted by atomic mass is 35.5. The zero-order valence-electron chi connectivity index (χ0n) is 12.1. The van der Waals surface area contributed by atoms with Crippen molar-refractivity contribution in [3.8, 4) is 0 Å². The first-order valence-corrected chi connectivity index (χ1v) is 7.36. The van der Waals surface area contributed by atoms with Crippen molar-refractivity contribution < 1.29 is 18.0 Å². The quantitative estimate of drug-likeness (QED) is 0.437. The first-order chi connectivity index (χ1) is 11.3. The van der Waals surface area contributed by atoms with E-state index in [1.807, 2.05) is 5.43 Å². The Kier molecular flexibility index (Phi) is 4.14.